The molecule has 2 aromatic heterocycles. The van der Waals surface area contributed by atoms with Crippen molar-refractivity contribution < 1.29 is 9.21 Å². The highest BCUT2D eigenvalue weighted by molar-refractivity contribution is 14.0. The van der Waals surface area contributed by atoms with Crippen LogP contribution in [0.1, 0.15) is 16.1 Å². The van der Waals surface area contributed by atoms with Crippen LogP contribution in [-0.4, -0.2) is 64.7 Å². The van der Waals surface area contributed by atoms with Gasteiger partial charge in [0.05, 0.1) is 18.1 Å². The number of benzene rings is 1. The fourth-order valence-corrected chi connectivity index (χ4v) is 3.50. The SMILES string of the molecule is CN=C(NCc1cnn(-c2ccc(Cl)cc2)c1)N1CCN(C(=O)c2ccco2)CC1.I. The molecule has 1 aliphatic heterocycles. The third kappa shape index (κ3) is 5.59. The van der Waals surface area contributed by atoms with E-state index in [1.807, 2.05) is 41.3 Å². The Morgan fingerprint density at radius 3 is 2.52 bits per heavy atom. The molecule has 0 unspecified atom stereocenters. The van der Waals surface area contributed by atoms with Gasteiger partial charge in [0.2, 0.25) is 0 Å². The van der Waals surface area contributed by atoms with E-state index in [9.17, 15) is 4.79 Å². The maximum absolute atomic E-state index is 12.4. The molecule has 164 valence electrons. The zero-order chi connectivity index (χ0) is 20.9. The molecule has 0 bridgehead atoms. The zero-order valence-corrected chi connectivity index (χ0v) is 20.2. The lowest BCUT2D eigenvalue weighted by atomic mass is 10.3. The number of carbonyl (C=O) groups excluding carboxylic acids is 1. The number of rotatable bonds is 4. The molecular formula is C21H24ClIN6O2. The molecule has 1 fully saturated rings. The van der Waals surface area contributed by atoms with Gasteiger partial charge >= 0.3 is 0 Å². The quantitative estimate of drug-likeness (QED) is 0.304. The average molecular weight is 555 g/mol. The van der Waals surface area contributed by atoms with Crippen LogP contribution in [-0.2, 0) is 6.54 Å². The molecule has 3 heterocycles. The van der Waals surface area contributed by atoms with Crippen LogP contribution < -0.4 is 5.32 Å². The number of nitrogens with one attached hydrogen (secondary N) is 1. The molecule has 1 N–H and O–H groups in total. The van der Waals surface area contributed by atoms with Gasteiger partial charge in [-0.25, -0.2) is 4.68 Å². The monoisotopic (exact) mass is 554 g/mol. The summed E-state index contributed by atoms with van der Waals surface area (Å²) in [5, 5.41) is 8.49. The van der Waals surface area contributed by atoms with Crippen LogP contribution in [0.4, 0.5) is 0 Å². The molecule has 8 nitrogen and oxygen atoms in total. The number of nitrogens with zero attached hydrogens (tertiary/aromatic N) is 5. The Hall–Kier alpha value is -2.53. The van der Waals surface area contributed by atoms with Crippen molar-refractivity contribution in [3.63, 3.8) is 0 Å². The summed E-state index contributed by atoms with van der Waals surface area (Å²) in [5.74, 6) is 1.11. The lowest BCUT2D eigenvalue weighted by molar-refractivity contribution is 0.0657. The predicted molar refractivity (Wildman–Crippen MR) is 130 cm³/mol. The second-order valence-electron chi connectivity index (χ2n) is 6.93. The van der Waals surface area contributed by atoms with E-state index in [0.717, 1.165) is 17.2 Å². The first-order chi connectivity index (χ1) is 14.6. The van der Waals surface area contributed by atoms with Gasteiger partial charge in [-0.15, -0.1) is 24.0 Å². The van der Waals surface area contributed by atoms with Crippen molar-refractivity contribution >= 4 is 47.4 Å². The Labute approximate surface area is 202 Å². The van der Waals surface area contributed by atoms with Crippen LogP contribution in [0, 0.1) is 0 Å². The van der Waals surface area contributed by atoms with Crippen molar-refractivity contribution in [3.05, 3.63) is 71.4 Å². The van der Waals surface area contributed by atoms with Crippen LogP contribution in [0.2, 0.25) is 5.02 Å². The molecular weight excluding hydrogens is 531 g/mol. The molecule has 1 amide bonds. The summed E-state index contributed by atoms with van der Waals surface area (Å²) in [4.78, 5) is 20.7. The minimum atomic E-state index is -0.0720. The van der Waals surface area contributed by atoms with Crippen LogP contribution in [0.5, 0.6) is 0 Å². The molecule has 0 saturated carbocycles. The number of aliphatic imine (C=N–C) groups is 1. The summed E-state index contributed by atoms with van der Waals surface area (Å²) in [7, 11) is 1.76. The van der Waals surface area contributed by atoms with Crippen molar-refractivity contribution in [3.8, 4) is 5.69 Å². The Balaban J connectivity index is 0.00000272. The predicted octanol–water partition coefficient (Wildman–Crippen LogP) is 3.27. The molecule has 0 spiro atoms. The standard InChI is InChI=1S/C21H23ClN6O2.HI/c1-23-21(27-10-8-26(9-11-27)20(29)19-3-2-12-30-19)24-13-16-14-25-28(15-16)18-6-4-17(22)5-7-18;/h2-7,12,14-15H,8-11,13H2,1H3,(H,23,24);1H. The summed E-state index contributed by atoms with van der Waals surface area (Å²) in [6.45, 7) is 3.25. The van der Waals surface area contributed by atoms with Crippen LogP contribution in [0.15, 0.2) is 64.5 Å². The van der Waals surface area contributed by atoms with E-state index in [4.69, 9.17) is 16.0 Å². The number of hydrogen-bond donors (Lipinski definition) is 1. The summed E-state index contributed by atoms with van der Waals surface area (Å²) >= 11 is 5.95. The average Bonchev–Trinajstić information content (AvgIpc) is 3.47. The van der Waals surface area contributed by atoms with Gasteiger partial charge in [0, 0.05) is 56.6 Å². The van der Waals surface area contributed by atoms with Gasteiger partial charge in [0.15, 0.2) is 11.7 Å². The molecule has 4 rings (SSSR count). The van der Waals surface area contributed by atoms with Gasteiger partial charge in [0.1, 0.15) is 0 Å². The van der Waals surface area contributed by atoms with Crippen LogP contribution >= 0.6 is 35.6 Å². The summed E-state index contributed by atoms with van der Waals surface area (Å²) < 4.78 is 7.03. The van der Waals surface area contributed by atoms with Gasteiger partial charge in [-0.2, -0.15) is 5.10 Å². The summed E-state index contributed by atoms with van der Waals surface area (Å²) in [5.41, 5.74) is 1.99. The third-order valence-electron chi connectivity index (χ3n) is 4.99. The molecule has 1 saturated heterocycles. The Bertz CT molecular complexity index is 1010. The topological polar surface area (TPSA) is 78.9 Å². The van der Waals surface area contributed by atoms with Gasteiger partial charge in [-0.05, 0) is 36.4 Å². The molecule has 1 aliphatic rings. The fraction of sp³-hybridized carbons (Fsp3) is 0.286. The van der Waals surface area contributed by atoms with Crippen molar-refractivity contribution in [2.75, 3.05) is 33.2 Å². The molecule has 10 heteroatoms. The normalized spacial score (nSPS) is 14.3. The number of amides is 1. The highest BCUT2D eigenvalue weighted by atomic mass is 127. The van der Waals surface area contributed by atoms with Gasteiger partial charge < -0.3 is 19.5 Å². The summed E-state index contributed by atoms with van der Waals surface area (Å²) in [6, 6.07) is 11.0. The van der Waals surface area contributed by atoms with Crippen molar-refractivity contribution in [1.29, 1.82) is 0 Å². The molecule has 1 aromatic carbocycles. The first-order valence-electron chi connectivity index (χ1n) is 9.72. The minimum Gasteiger partial charge on any atom is -0.459 e. The van der Waals surface area contributed by atoms with Crippen molar-refractivity contribution in [2.45, 2.75) is 6.54 Å². The Kier molecular flexibility index (Phi) is 7.97. The van der Waals surface area contributed by atoms with E-state index in [1.165, 1.54) is 6.26 Å². The number of hydrogen-bond acceptors (Lipinski definition) is 4. The van der Waals surface area contributed by atoms with E-state index >= 15 is 0 Å². The number of furan rings is 1. The smallest absolute Gasteiger partial charge is 0.289 e. The Morgan fingerprint density at radius 2 is 1.87 bits per heavy atom. The van der Waals surface area contributed by atoms with Gasteiger partial charge in [-0.3, -0.25) is 9.79 Å². The van der Waals surface area contributed by atoms with E-state index in [-0.39, 0.29) is 29.9 Å². The highest BCUT2D eigenvalue weighted by Crippen LogP contribution is 2.14. The van der Waals surface area contributed by atoms with E-state index in [2.05, 4.69) is 20.3 Å². The highest BCUT2D eigenvalue weighted by Gasteiger charge is 2.25. The summed E-state index contributed by atoms with van der Waals surface area (Å²) in [6.07, 6.45) is 5.32. The van der Waals surface area contributed by atoms with Crippen molar-refractivity contribution in [1.82, 2.24) is 24.9 Å². The van der Waals surface area contributed by atoms with Gasteiger partial charge in [0.25, 0.3) is 5.91 Å². The van der Waals surface area contributed by atoms with Crippen molar-refractivity contribution in [2.24, 2.45) is 4.99 Å². The number of aromatic nitrogens is 2. The maximum atomic E-state index is 12.4. The number of halogens is 2. The minimum absolute atomic E-state index is 0. The fourth-order valence-electron chi connectivity index (χ4n) is 3.38. The molecule has 0 atom stereocenters. The first-order valence-corrected chi connectivity index (χ1v) is 10.1. The molecule has 3 aromatic rings. The zero-order valence-electron chi connectivity index (χ0n) is 17.1. The molecule has 0 aliphatic carbocycles. The van der Waals surface area contributed by atoms with Crippen LogP contribution in [0.25, 0.3) is 5.69 Å². The molecule has 31 heavy (non-hydrogen) atoms. The molecule has 0 radical (unpaired) electrons. The van der Waals surface area contributed by atoms with E-state index in [1.54, 1.807) is 24.1 Å². The Morgan fingerprint density at radius 1 is 1.16 bits per heavy atom. The lowest BCUT2D eigenvalue weighted by Crippen LogP contribution is -2.53. The van der Waals surface area contributed by atoms with Crippen LogP contribution in [0.3, 0.4) is 0 Å². The van der Waals surface area contributed by atoms with Gasteiger partial charge in [-0.1, -0.05) is 11.6 Å². The first kappa shape index (κ1) is 23.1. The van der Waals surface area contributed by atoms with E-state index < -0.39 is 0 Å². The maximum Gasteiger partial charge on any atom is 0.289 e. The third-order valence-corrected chi connectivity index (χ3v) is 5.24. The largest absolute Gasteiger partial charge is 0.459 e. The lowest BCUT2D eigenvalue weighted by Gasteiger charge is -2.36. The van der Waals surface area contributed by atoms with E-state index in [0.29, 0.717) is 43.5 Å². The number of piperazine rings is 1. The number of carbonyl (C=O) groups is 1. The second-order valence-corrected chi connectivity index (χ2v) is 7.36. The second kappa shape index (κ2) is 10.7. The number of guanidine groups is 1.